The van der Waals surface area contributed by atoms with E-state index in [0.717, 1.165) is 0 Å². The van der Waals surface area contributed by atoms with E-state index in [-0.39, 0.29) is 34.1 Å². The number of aromatic hydroxyl groups is 1. The molecule has 0 aliphatic carbocycles. The number of carbonyl (C=O) groups excluding carboxylic acids is 1. The number of hydrogen-bond acceptors (Lipinski definition) is 7. The highest BCUT2D eigenvalue weighted by Gasteiger charge is 2.28. The minimum atomic E-state index is -1.22. The van der Waals surface area contributed by atoms with E-state index >= 15 is 0 Å². The highest BCUT2D eigenvalue weighted by molar-refractivity contribution is 6.15. The van der Waals surface area contributed by atoms with Crippen LogP contribution in [0.3, 0.4) is 0 Å². The molecule has 0 radical (unpaired) electrons. The molecule has 0 aliphatic heterocycles. The number of hydrogen-bond donors (Lipinski definition) is 2. The number of benzene rings is 2. The van der Waals surface area contributed by atoms with Crippen molar-refractivity contribution >= 4 is 28.8 Å². The van der Waals surface area contributed by atoms with Crippen LogP contribution < -0.4 is 14.2 Å². The summed E-state index contributed by atoms with van der Waals surface area (Å²) in [6.07, 6.45) is 4.24. The van der Waals surface area contributed by atoms with Crippen LogP contribution in [0.25, 0.3) is 17.0 Å². The number of aliphatic carboxylic acids is 1. The van der Waals surface area contributed by atoms with Gasteiger partial charge in [-0.1, -0.05) is 18.2 Å². The Labute approximate surface area is 165 Å². The molecular weight excluding hydrogens is 380 g/mol. The SMILES string of the molecule is COc1c(C(=O)/C=C/c2ccc(O)cc2)c(OCC(=O)O)c(OC)c2occc12. The van der Waals surface area contributed by atoms with Gasteiger partial charge < -0.3 is 28.8 Å². The summed E-state index contributed by atoms with van der Waals surface area (Å²) < 4.78 is 21.6. The van der Waals surface area contributed by atoms with Gasteiger partial charge in [0, 0.05) is 0 Å². The Hall–Kier alpha value is -3.94. The van der Waals surface area contributed by atoms with Crippen LogP contribution >= 0.6 is 0 Å². The van der Waals surface area contributed by atoms with Gasteiger partial charge in [0.25, 0.3) is 0 Å². The molecule has 0 atom stereocenters. The van der Waals surface area contributed by atoms with Gasteiger partial charge in [-0.3, -0.25) is 4.79 Å². The molecule has 0 unspecified atom stereocenters. The van der Waals surface area contributed by atoms with Crippen molar-refractivity contribution in [1.82, 2.24) is 0 Å². The maximum atomic E-state index is 13.0. The number of ether oxygens (including phenoxy) is 3. The van der Waals surface area contributed by atoms with Gasteiger partial charge in [0.05, 0.1) is 25.9 Å². The lowest BCUT2D eigenvalue weighted by molar-refractivity contribution is -0.139. The Morgan fingerprint density at radius 2 is 1.72 bits per heavy atom. The summed E-state index contributed by atoms with van der Waals surface area (Å²) in [5, 5.41) is 18.8. The summed E-state index contributed by atoms with van der Waals surface area (Å²) in [5.41, 5.74) is 0.956. The monoisotopic (exact) mass is 398 g/mol. The van der Waals surface area contributed by atoms with Gasteiger partial charge in [0.2, 0.25) is 5.75 Å². The minimum Gasteiger partial charge on any atom is -0.508 e. The second kappa shape index (κ2) is 8.39. The number of carboxylic acids is 1. The second-order valence-electron chi connectivity index (χ2n) is 5.91. The van der Waals surface area contributed by atoms with Crippen molar-refractivity contribution in [2.45, 2.75) is 0 Å². The summed E-state index contributed by atoms with van der Waals surface area (Å²) in [4.78, 5) is 24.1. The van der Waals surface area contributed by atoms with E-state index in [9.17, 15) is 14.7 Å². The van der Waals surface area contributed by atoms with Crippen LogP contribution in [-0.4, -0.2) is 42.8 Å². The van der Waals surface area contributed by atoms with Crippen molar-refractivity contribution in [3.05, 3.63) is 53.8 Å². The molecule has 2 N–H and O–H groups in total. The van der Waals surface area contributed by atoms with E-state index in [1.807, 2.05) is 0 Å². The first-order chi connectivity index (χ1) is 14.0. The van der Waals surface area contributed by atoms with Crippen LogP contribution in [0.1, 0.15) is 15.9 Å². The van der Waals surface area contributed by atoms with E-state index in [4.69, 9.17) is 23.7 Å². The summed E-state index contributed by atoms with van der Waals surface area (Å²) in [6.45, 7) is -0.687. The van der Waals surface area contributed by atoms with Gasteiger partial charge in [0.1, 0.15) is 17.1 Å². The lowest BCUT2D eigenvalue weighted by Gasteiger charge is -2.16. The predicted octanol–water partition coefficient (Wildman–Crippen LogP) is 3.52. The van der Waals surface area contributed by atoms with Gasteiger partial charge in [-0.05, 0) is 29.8 Å². The number of allylic oxidation sites excluding steroid dienone is 1. The Morgan fingerprint density at radius 3 is 2.34 bits per heavy atom. The molecule has 0 bridgehead atoms. The van der Waals surface area contributed by atoms with E-state index in [0.29, 0.717) is 10.9 Å². The molecule has 0 saturated carbocycles. The van der Waals surface area contributed by atoms with Crippen molar-refractivity contribution < 1.29 is 38.4 Å². The van der Waals surface area contributed by atoms with Crippen LogP contribution in [0.2, 0.25) is 0 Å². The lowest BCUT2D eigenvalue weighted by Crippen LogP contribution is -2.13. The zero-order valence-corrected chi connectivity index (χ0v) is 15.7. The fourth-order valence-corrected chi connectivity index (χ4v) is 2.85. The molecule has 8 nitrogen and oxygen atoms in total. The van der Waals surface area contributed by atoms with E-state index in [2.05, 4.69) is 0 Å². The summed E-state index contributed by atoms with van der Waals surface area (Å²) in [7, 11) is 2.74. The Bertz CT molecular complexity index is 1080. The molecule has 1 aromatic heterocycles. The maximum Gasteiger partial charge on any atom is 0.341 e. The largest absolute Gasteiger partial charge is 0.508 e. The van der Waals surface area contributed by atoms with E-state index in [1.165, 1.54) is 38.7 Å². The molecule has 150 valence electrons. The number of ketones is 1. The molecule has 1 heterocycles. The Kier molecular flexibility index (Phi) is 5.73. The van der Waals surface area contributed by atoms with E-state index < -0.39 is 18.4 Å². The summed E-state index contributed by atoms with van der Waals surface area (Å²) in [5.74, 6) is -1.42. The highest BCUT2D eigenvalue weighted by atomic mass is 16.5. The third kappa shape index (κ3) is 4.01. The van der Waals surface area contributed by atoms with Crippen molar-refractivity contribution in [3.63, 3.8) is 0 Å². The minimum absolute atomic E-state index is 0.00882. The molecule has 0 amide bonds. The average molecular weight is 398 g/mol. The number of rotatable bonds is 8. The molecule has 29 heavy (non-hydrogen) atoms. The second-order valence-corrected chi connectivity index (χ2v) is 5.91. The van der Waals surface area contributed by atoms with Crippen LogP contribution in [0.15, 0.2) is 47.1 Å². The van der Waals surface area contributed by atoms with E-state index in [1.54, 1.807) is 24.3 Å². The van der Waals surface area contributed by atoms with Crippen LogP contribution in [-0.2, 0) is 4.79 Å². The Balaban J connectivity index is 2.14. The third-order valence-corrected chi connectivity index (χ3v) is 4.09. The van der Waals surface area contributed by atoms with Gasteiger partial charge in [-0.15, -0.1) is 0 Å². The molecule has 3 rings (SSSR count). The standard InChI is InChI=1S/C21H18O8/c1-26-18-14-9-10-28-19(14)21(27-2)20(29-11-16(24)25)17(18)15(23)8-5-12-3-6-13(22)7-4-12/h3-10,22H,11H2,1-2H3,(H,24,25)/b8-5+. The zero-order valence-electron chi connectivity index (χ0n) is 15.7. The number of methoxy groups -OCH3 is 2. The average Bonchev–Trinajstić information content (AvgIpc) is 3.19. The van der Waals surface area contributed by atoms with Crippen molar-refractivity contribution in [1.29, 1.82) is 0 Å². The maximum absolute atomic E-state index is 13.0. The summed E-state index contributed by atoms with van der Waals surface area (Å²) >= 11 is 0. The number of carboxylic acid groups (broad SMARTS) is 1. The molecular formula is C21H18O8. The molecule has 0 saturated heterocycles. The number of phenolic OH excluding ortho intramolecular Hbond substituents is 1. The number of carbonyl (C=O) groups is 2. The van der Waals surface area contributed by atoms with Crippen LogP contribution in [0, 0.1) is 0 Å². The molecule has 8 heteroatoms. The normalized spacial score (nSPS) is 11.0. The Morgan fingerprint density at radius 1 is 1.03 bits per heavy atom. The first-order valence-electron chi connectivity index (χ1n) is 8.47. The quantitative estimate of drug-likeness (QED) is 0.437. The molecule has 0 fully saturated rings. The van der Waals surface area contributed by atoms with Crippen molar-refractivity contribution in [3.8, 4) is 23.0 Å². The number of furan rings is 1. The third-order valence-electron chi connectivity index (χ3n) is 4.09. The van der Waals surface area contributed by atoms with Crippen molar-refractivity contribution in [2.24, 2.45) is 0 Å². The molecule has 2 aromatic carbocycles. The molecule has 3 aromatic rings. The topological polar surface area (TPSA) is 115 Å². The smallest absolute Gasteiger partial charge is 0.341 e. The molecule has 0 aliphatic rings. The highest BCUT2D eigenvalue weighted by Crippen LogP contribution is 2.46. The van der Waals surface area contributed by atoms with Crippen molar-refractivity contribution in [2.75, 3.05) is 20.8 Å². The lowest BCUT2D eigenvalue weighted by atomic mass is 10.0. The number of phenols is 1. The number of fused-ring (bicyclic) bond motifs is 1. The first-order valence-corrected chi connectivity index (χ1v) is 8.47. The molecule has 0 spiro atoms. The fourth-order valence-electron chi connectivity index (χ4n) is 2.85. The zero-order chi connectivity index (χ0) is 21.0. The van der Waals surface area contributed by atoms with Gasteiger partial charge in [-0.2, -0.15) is 0 Å². The predicted molar refractivity (Wildman–Crippen MR) is 104 cm³/mol. The van der Waals surface area contributed by atoms with Gasteiger partial charge in [-0.25, -0.2) is 4.79 Å². The first kappa shape index (κ1) is 19.8. The summed E-state index contributed by atoms with van der Waals surface area (Å²) in [6, 6.07) is 7.87. The van der Waals surface area contributed by atoms with Gasteiger partial charge >= 0.3 is 5.97 Å². The fraction of sp³-hybridized carbons (Fsp3) is 0.143. The van der Waals surface area contributed by atoms with Crippen LogP contribution in [0.5, 0.6) is 23.0 Å². The van der Waals surface area contributed by atoms with Crippen LogP contribution in [0.4, 0.5) is 0 Å². The van der Waals surface area contributed by atoms with Gasteiger partial charge in [0.15, 0.2) is 23.7 Å².